The lowest BCUT2D eigenvalue weighted by Gasteiger charge is -2.35. The Morgan fingerprint density at radius 3 is 2.38 bits per heavy atom. The van der Waals surface area contributed by atoms with Gasteiger partial charge in [0.25, 0.3) is 0 Å². The van der Waals surface area contributed by atoms with Crippen molar-refractivity contribution in [2.24, 2.45) is 11.8 Å². The van der Waals surface area contributed by atoms with Gasteiger partial charge in [-0.2, -0.15) is 0 Å². The second-order valence-electron chi connectivity index (χ2n) is 11.3. The van der Waals surface area contributed by atoms with Gasteiger partial charge < -0.3 is 24.2 Å². The van der Waals surface area contributed by atoms with E-state index in [0.29, 0.717) is 48.3 Å². The zero-order valence-corrected chi connectivity index (χ0v) is 24.5. The van der Waals surface area contributed by atoms with Crippen LogP contribution in [0.5, 0.6) is 11.5 Å². The number of ketones is 1. The highest BCUT2D eigenvalue weighted by Gasteiger charge is 2.34. The summed E-state index contributed by atoms with van der Waals surface area (Å²) in [5, 5.41) is 11.1. The van der Waals surface area contributed by atoms with E-state index < -0.39 is 6.10 Å². The van der Waals surface area contributed by atoms with Crippen LogP contribution in [0.15, 0.2) is 72.8 Å². The maximum absolute atomic E-state index is 13.1. The van der Waals surface area contributed by atoms with E-state index in [9.17, 15) is 14.7 Å². The fraction of sp³-hybridized carbons (Fsp3) is 0.429. The number of Topliss-reactive ketones (excluding diaryl/α,β-unsaturated/α-hetero) is 1. The number of benzene rings is 3. The van der Waals surface area contributed by atoms with Gasteiger partial charge in [0, 0.05) is 36.0 Å². The van der Waals surface area contributed by atoms with Crippen molar-refractivity contribution in [3.8, 4) is 11.5 Å². The molecule has 5 rings (SSSR count). The lowest BCUT2D eigenvalue weighted by Crippen LogP contribution is -2.36. The Balaban J connectivity index is 1.20. The maximum Gasteiger partial charge on any atom is 0.306 e. The van der Waals surface area contributed by atoms with Crippen molar-refractivity contribution in [3.63, 3.8) is 0 Å². The molecule has 1 saturated carbocycles. The number of methoxy groups -OCH3 is 1. The highest BCUT2D eigenvalue weighted by Crippen LogP contribution is 2.45. The van der Waals surface area contributed by atoms with Crippen LogP contribution in [0.3, 0.4) is 0 Å². The number of nitrogens with zero attached hydrogens (tertiary/aromatic N) is 1. The van der Waals surface area contributed by atoms with Crippen LogP contribution in [-0.4, -0.2) is 50.3 Å². The molecule has 1 saturated heterocycles. The summed E-state index contributed by atoms with van der Waals surface area (Å²) < 4.78 is 17.0. The number of aliphatic hydroxyl groups is 1. The van der Waals surface area contributed by atoms with Crippen molar-refractivity contribution < 1.29 is 28.9 Å². The summed E-state index contributed by atoms with van der Waals surface area (Å²) in [4.78, 5) is 27.5. The number of rotatable bonds is 13. The summed E-state index contributed by atoms with van der Waals surface area (Å²) in [6, 6.07) is 22.6. The second kappa shape index (κ2) is 13.9. The number of piperidine rings is 1. The molecule has 222 valence electrons. The van der Waals surface area contributed by atoms with Crippen molar-refractivity contribution in [2.45, 2.75) is 51.0 Å². The van der Waals surface area contributed by atoms with Gasteiger partial charge in [-0.15, -0.1) is 0 Å². The first-order valence-corrected chi connectivity index (χ1v) is 15.1. The largest absolute Gasteiger partial charge is 0.497 e. The molecule has 7 nitrogen and oxygen atoms in total. The van der Waals surface area contributed by atoms with Gasteiger partial charge in [0.1, 0.15) is 17.6 Å². The van der Waals surface area contributed by atoms with E-state index in [-0.39, 0.29) is 17.7 Å². The topological polar surface area (TPSA) is 85.3 Å². The van der Waals surface area contributed by atoms with Gasteiger partial charge >= 0.3 is 5.97 Å². The monoisotopic (exact) mass is 571 g/mol. The van der Waals surface area contributed by atoms with Crippen molar-refractivity contribution >= 4 is 17.4 Å². The minimum absolute atomic E-state index is 0.136. The number of carbonyl (C=O) groups excluding carboxylic acids is 2. The summed E-state index contributed by atoms with van der Waals surface area (Å²) >= 11 is 0. The summed E-state index contributed by atoms with van der Waals surface area (Å²) in [5.41, 5.74) is 3.04. The van der Waals surface area contributed by atoms with Crippen molar-refractivity contribution in [2.75, 3.05) is 38.3 Å². The molecular weight excluding hydrogens is 530 g/mol. The molecule has 0 bridgehead atoms. The molecule has 3 aromatic rings. The minimum Gasteiger partial charge on any atom is -0.497 e. The van der Waals surface area contributed by atoms with Gasteiger partial charge in [0.2, 0.25) is 0 Å². The van der Waals surface area contributed by atoms with Gasteiger partial charge in [-0.3, -0.25) is 9.59 Å². The zero-order valence-electron chi connectivity index (χ0n) is 24.5. The van der Waals surface area contributed by atoms with Crippen LogP contribution in [0.25, 0.3) is 0 Å². The average molecular weight is 572 g/mol. The van der Waals surface area contributed by atoms with Crippen LogP contribution in [-0.2, 0) is 9.53 Å². The van der Waals surface area contributed by atoms with E-state index in [0.717, 1.165) is 55.8 Å². The number of ether oxygens (including phenoxy) is 3. The molecule has 2 aliphatic rings. The van der Waals surface area contributed by atoms with Gasteiger partial charge in [-0.05, 0) is 74.1 Å². The Morgan fingerprint density at radius 1 is 0.929 bits per heavy atom. The highest BCUT2D eigenvalue weighted by atomic mass is 16.5. The lowest BCUT2D eigenvalue weighted by molar-refractivity contribution is -0.143. The SMILES string of the molecule is CCOC(=O)CC(c1cccc(OCC2CCN(c3cc(OC)ccc3C(O)C(=O)c3ccccc3)CC2)c1)C1CC1. The molecule has 1 aliphatic carbocycles. The van der Waals surface area contributed by atoms with E-state index in [1.807, 2.05) is 31.2 Å². The van der Waals surface area contributed by atoms with Crippen molar-refractivity contribution in [1.82, 2.24) is 0 Å². The normalized spacial score (nSPS) is 16.9. The molecule has 2 fully saturated rings. The predicted octanol–water partition coefficient (Wildman–Crippen LogP) is 6.35. The first kappa shape index (κ1) is 29.6. The molecule has 1 aliphatic heterocycles. The van der Waals surface area contributed by atoms with Gasteiger partial charge in [0.15, 0.2) is 5.78 Å². The van der Waals surface area contributed by atoms with Crippen molar-refractivity contribution in [3.05, 3.63) is 89.5 Å². The molecule has 7 heteroatoms. The van der Waals surface area contributed by atoms with Crippen LogP contribution in [0.1, 0.15) is 72.5 Å². The van der Waals surface area contributed by atoms with E-state index in [2.05, 4.69) is 17.0 Å². The third kappa shape index (κ3) is 7.32. The van der Waals surface area contributed by atoms with E-state index in [1.54, 1.807) is 43.5 Å². The number of hydrogen-bond donors (Lipinski definition) is 1. The van der Waals surface area contributed by atoms with Gasteiger partial charge in [-0.25, -0.2) is 0 Å². The van der Waals surface area contributed by atoms with Crippen LogP contribution in [0, 0.1) is 11.8 Å². The highest BCUT2D eigenvalue weighted by molar-refractivity contribution is 6.00. The van der Waals surface area contributed by atoms with Crippen LogP contribution in [0.4, 0.5) is 5.69 Å². The van der Waals surface area contributed by atoms with Crippen LogP contribution >= 0.6 is 0 Å². The third-order valence-corrected chi connectivity index (χ3v) is 8.45. The molecular formula is C35H41NO6. The standard InChI is InChI=1S/C35H41NO6/c1-3-41-33(37)22-31(25-12-13-25)27-10-7-11-29(20-27)42-23-24-16-18-36(19-17-24)32-21-28(40-2)14-15-30(32)35(39)34(38)26-8-5-4-6-9-26/h4-11,14-15,20-21,24-25,31,35,39H,3,12-13,16-19,22-23H2,1-2H3. The smallest absolute Gasteiger partial charge is 0.306 e. The predicted molar refractivity (Wildman–Crippen MR) is 162 cm³/mol. The van der Waals surface area contributed by atoms with Gasteiger partial charge in [-0.1, -0.05) is 48.5 Å². The fourth-order valence-corrected chi connectivity index (χ4v) is 5.90. The Labute approximate surface area is 248 Å². The third-order valence-electron chi connectivity index (χ3n) is 8.45. The van der Waals surface area contributed by atoms with E-state index in [1.165, 1.54) is 0 Å². The average Bonchev–Trinajstić information content (AvgIpc) is 3.88. The Kier molecular flexibility index (Phi) is 9.80. The molecule has 2 atom stereocenters. The molecule has 0 radical (unpaired) electrons. The number of anilines is 1. The summed E-state index contributed by atoms with van der Waals surface area (Å²) in [5.74, 6) is 2.16. The lowest BCUT2D eigenvalue weighted by atomic mass is 9.91. The molecule has 0 aromatic heterocycles. The first-order chi connectivity index (χ1) is 20.5. The molecule has 3 aromatic carbocycles. The summed E-state index contributed by atoms with van der Waals surface area (Å²) in [6.45, 7) is 4.43. The number of aliphatic hydroxyl groups excluding tert-OH is 1. The molecule has 1 N–H and O–H groups in total. The first-order valence-electron chi connectivity index (χ1n) is 15.1. The molecule has 1 heterocycles. The number of carbonyl (C=O) groups is 2. The number of esters is 1. The quantitative estimate of drug-likeness (QED) is 0.189. The Bertz CT molecular complexity index is 1350. The summed E-state index contributed by atoms with van der Waals surface area (Å²) in [6.07, 6.45) is 3.31. The molecule has 2 unspecified atom stereocenters. The van der Waals surface area contributed by atoms with Crippen LogP contribution in [0.2, 0.25) is 0 Å². The van der Waals surface area contributed by atoms with E-state index in [4.69, 9.17) is 14.2 Å². The van der Waals surface area contributed by atoms with Crippen molar-refractivity contribution in [1.29, 1.82) is 0 Å². The number of hydrogen-bond acceptors (Lipinski definition) is 7. The molecule has 0 amide bonds. The molecule has 42 heavy (non-hydrogen) atoms. The van der Waals surface area contributed by atoms with E-state index >= 15 is 0 Å². The van der Waals surface area contributed by atoms with Crippen LogP contribution < -0.4 is 14.4 Å². The Morgan fingerprint density at radius 2 is 1.69 bits per heavy atom. The second-order valence-corrected chi connectivity index (χ2v) is 11.3. The fourth-order valence-electron chi connectivity index (χ4n) is 5.90. The zero-order chi connectivity index (χ0) is 29.5. The minimum atomic E-state index is -1.26. The van der Waals surface area contributed by atoms with Gasteiger partial charge in [0.05, 0.1) is 26.7 Å². The molecule has 0 spiro atoms. The maximum atomic E-state index is 13.1. The summed E-state index contributed by atoms with van der Waals surface area (Å²) in [7, 11) is 1.62. The Hall–Kier alpha value is -3.84.